The molecular formula is C12H14FN5O2. The van der Waals surface area contributed by atoms with Crippen LogP contribution in [-0.4, -0.2) is 19.9 Å². The maximum Gasteiger partial charge on any atom is 0.271 e. The van der Waals surface area contributed by atoms with Gasteiger partial charge in [0.05, 0.1) is 10.6 Å². The molecule has 106 valence electrons. The Hall–Kier alpha value is -2.51. The van der Waals surface area contributed by atoms with Crippen molar-refractivity contribution < 1.29 is 9.31 Å². The lowest BCUT2D eigenvalue weighted by Crippen LogP contribution is -2.19. The van der Waals surface area contributed by atoms with Crippen molar-refractivity contribution in [3.8, 4) is 5.69 Å². The van der Waals surface area contributed by atoms with E-state index < -0.39 is 16.2 Å². The van der Waals surface area contributed by atoms with Crippen molar-refractivity contribution in [1.29, 1.82) is 0 Å². The smallest absolute Gasteiger partial charge is 0.271 e. The fourth-order valence-electron chi connectivity index (χ4n) is 1.94. The van der Waals surface area contributed by atoms with Crippen molar-refractivity contribution >= 4 is 11.5 Å². The molecule has 1 aromatic carbocycles. The van der Waals surface area contributed by atoms with Gasteiger partial charge in [0.25, 0.3) is 5.69 Å². The Balaban J connectivity index is 2.69. The van der Waals surface area contributed by atoms with Gasteiger partial charge in [-0.2, -0.15) is 0 Å². The highest BCUT2D eigenvalue weighted by Crippen LogP contribution is 2.30. The Labute approximate surface area is 114 Å². The molecule has 2 rings (SSSR count). The lowest BCUT2D eigenvalue weighted by Gasteiger charge is -2.20. The van der Waals surface area contributed by atoms with E-state index in [9.17, 15) is 14.5 Å². The van der Waals surface area contributed by atoms with Crippen molar-refractivity contribution in [2.75, 3.05) is 5.73 Å². The average Bonchev–Trinajstić information content (AvgIpc) is 2.71. The Kier molecular flexibility index (Phi) is 3.16. The molecule has 0 aliphatic rings. The number of nitro groups is 1. The van der Waals surface area contributed by atoms with Gasteiger partial charge in [-0.25, -0.2) is 9.07 Å². The van der Waals surface area contributed by atoms with Crippen LogP contribution < -0.4 is 5.73 Å². The Bertz CT molecular complexity index is 675. The first kappa shape index (κ1) is 13.9. The molecule has 20 heavy (non-hydrogen) atoms. The van der Waals surface area contributed by atoms with Crippen LogP contribution in [0, 0.1) is 15.9 Å². The third-order valence-electron chi connectivity index (χ3n) is 2.78. The van der Waals surface area contributed by atoms with E-state index >= 15 is 0 Å². The minimum absolute atomic E-state index is 0.0478. The van der Waals surface area contributed by atoms with Crippen molar-refractivity contribution in [1.82, 2.24) is 15.0 Å². The first-order chi connectivity index (χ1) is 9.21. The SMILES string of the molecule is CC(C)(C)c1c(N)nnn1-c1cc([N+](=O)[O-])ccc1F. The molecule has 0 saturated carbocycles. The van der Waals surface area contributed by atoms with Crippen LogP contribution >= 0.6 is 0 Å². The van der Waals surface area contributed by atoms with E-state index in [-0.39, 0.29) is 17.2 Å². The zero-order valence-electron chi connectivity index (χ0n) is 11.3. The third kappa shape index (κ3) is 2.31. The summed E-state index contributed by atoms with van der Waals surface area (Å²) in [4.78, 5) is 10.2. The van der Waals surface area contributed by atoms with E-state index in [2.05, 4.69) is 10.3 Å². The van der Waals surface area contributed by atoms with Crippen LogP contribution in [0.15, 0.2) is 18.2 Å². The number of anilines is 1. The van der Waals surface area contributed by atoms with Gasteiger partial charge in [0.1, 0.15) is 11.5 Å². The number of non-ortho nitro benzene ring substituents is 1. The molecule has 0 bridgehead atoms. The Morgan fingerprint density at radius 2 is 2.05 bits per heavy atom. The van der Waals surface area contributed by atoms with Gasteiger partial charge in [0.15, 0.2) is 5.82 Å². The van der Waals surface area contributed by atoms with Crippen LogP contribution in [-0.2, 0) is 5.41 Å². The van der Waals surface area contributed by atoms with Gasteiger partial charge in [-0.15, -0.1) is 5.10 Å². The lowest BCUT2D eigenvalue weighted by molar-refractivity contribution is -0.384. The van der Waals surface area contributed by atoms with Crippen LogP contribution in [0.5, 0.6) is 0 Å². The highest BCUT2D eigenvalue weighted by Gasteiger charge is 2.26. The average molecular weight is 279 g/mol. The zero-order valence-corrected chi connectivity index (χ0v) is 11.3. The second-order valence-corrected chi connectivity index (χ2v) is 5.38. The summed E-state index contributed by atoms with van der Waals surface area (Å²) in [6.45, 7) is 5.61. The van der Waals surface area contributed by atoms with Crippen LogP contribution in [0.3, 0.4) is 0 Å². The maximum atomic E-state index is 13.9. The Morgan fingerprint density at radius 1 is 1.40 bits per heavy atom. The summed E-state index contributed by atoms with van der Waals surface area (Å²) in [5.41, 5.74) is 5.54. The molecule has 0 radical (unpaired) electrons. The van der Waals surface area contributed by atoms with E-state index in [1.54, 1.807) is 0 Å². The molecule has 0 amide bonds. The number of hydrogen-bond acceptors (Lipinski definition) is 5. The summed E-state index contributed by atoms with van der Waals surface area (Å²) >= 11 is 0. The van der Waals surface area contributed by atoms with E-state index in [0.29, 0.717) is 5.69 Å². The number of halogens is 1. The van der Waals surface area contributed by atoms with Crippen molar-refractivity contribution in [2.24, 2.45) is 0 Å². The van der Waals surface area contributed by atoms with E-state index in [1.807, 2.05) is 20.8 Å². The number of aromatic nitrogens is 3. The molecule has 0 aliphatic carbocycles. The second kappa shape index (κ2) is 4.55. The molecule has 0 aliphatic heterocycles. The summed E-state index contributed by atoms with van der Waals surface area (Å²) in [7, 11) is 0. The summed E-state index contributed by atoms with van der Waals surface area (Å²) in [5.74, 6) is -0.464. The number of rotatable bonds is 2. The molecular weight excluding hydrogens is 265 g/mol. The van der Waals surface area contributed by atoms with Crippen molar-refractivity contribution in [3.05, 3.63) is 39.8 Å². The van der Waals surface area contributed by atoms with Crippen LogP contribution in [0.2, 0.25) is 0 Å². The summed E-state index contributed by atoms with van der Waals surface area (Å²) in [6, 6.07) is 3.23. The van der Waals surface area contributed by atoms with Crippen LogP contribution in [0.25, 0.3) is 5.69 Å². The largest absolute Gasteiger partial charge is 0.381 e. The molecule has 0 fully saturated rings. The Morgan fingerprint density at radius 3 is 2.60 bits per heavy atom. The summed E-state index contributed by atoms with van der Waals surface area (Å²) in [5, 5.41) is 18.3. The van der Waals surface area contributed by atoms with Gasteiger partial charge < -0.3 is 5.73 Å². The van der Waals surface area contributed by atoms with Crippen LogP contribution in [0.1, 0.15) is 26.5 Å². The van der Waals surface area contributed by atoms with Crippen molar-refractivity contribution in [2.45, 2.75) is 26.2 Å². The molecule has 2 aromatic rings. The molecule has 0 atom stereocenters. The molecule has 7 nitrogen and oxygen atoms in total. The quantitative estimate of drug-likeness (QED) is 0.671. The molecule has 0 unspecified atom stereocenters. The second-order valence-electron chi connectivity index (χ2n) is 5.38. The van der Waals surface area contributed by atoms with Gasteiger partial charge >= 0.3 is 0 Å². The van der Waals surface area contributed by atoms with Gasteiger partial charge in [-0.05, 0) is 6.07 Å². The third-order valence-corrected chi connectivity index (χ3v) is 2.78. The molecule has 2 N–H and O–H groups in total. The predicted octanol–water partition coefficient (Wildman–Crippen LogP) is 2.19. The van der Waals surface area contributed by atoms with E-state index in [1.165, 1.54) is 4.68 Å². The molecule has 0 saturated heterocycles. The molecule has 8 heteroatoms. The number of nitro benzene ring substituents is 1. The zero-order chi connectivity index (χ0) is 15.1. The standard InChI is InChI=1S/C12H14FN5O2/c1-12(2,3)10-11(14)15-16-17(10)9-6-7(18(19)20)4-5-8(9)13/h4-6H,14H2,1-3H3. The highest BCUT2D eigenvalue weighted by molar-refractivity contribution is 5.49. The minimum atomic E-state index is -0.633. The summed E-state index contributed by atoms with van der Waals surface area (Å²) < 4.78 is 15.2. The predicted molar refractivity (Wildman–Crippen MR) is 71.1 cm³/mol. The first-order valence-corrected chi connectivity index (χ1v) is 5.88. The number of hydrogen-bond donors (Lipinski definition) is 1. The number of benzene rings is 1. The minimum Gasteiger partial charge on any atom is -0.381 e. The van der Waals surface area contributed by atoms with Crippen molar-refractivity contribution in [3.63, 3.8) is 0 Å². The lowest BCUT2D eigenvalue weighted by atomic mass is 9.91. The molecule has 0 spiro atoms. The van der Waals surface area contributed by atoms with Gasteiger partial charge in [-0.3, -0.25) is 10.1 Å². The molecule has 1 heterocycles. The van der Waals surface area contributed by atoms with Gasteiger partial charge in [-0.1, -0.05) is 26.0 Å². The molecule has 1 aromatic heterocycles. The van der Waals surface area contributed by atoms with Crippen LogP contribution in [0.4, 0.5) is 15.9 Å². The summed E-state index contributed by atoms with van der Waals surface area (Å²) in [6.07, 6.45) is 0. The highest BCUT2D eigenvalue weighted by atomic mass is 19.1. The normalized spacial score (nSPS) is 11.6. The van der Waals surface area contributed by atoms with Gasteiger partial charge in [0.2, 0.25) is 0 Å². The first-order valence-electron chi connectivity index (χ1n) is 5.88. The monoisotopic (exact) mass is 279 g/mol. The van der Waals surface area contributed by atoms with Gasteiger partial charge in [0, 0.05) is 17.5 Å². The topological polar surface area (TPSA) is 99.9 Å². The van der Waals surface area contributed by atoms with E-state index in [0.717, 1.165) is 18.2 Å². The fraction of sp³-hybridized carbons (Fsp3) is 0.333. The maximum absolute atomic E-state index is 13.9. The number of nitrogens with two attached hydrogens (primary N) is 1. The van der Waals surface area contributed by atoms with E-state index in [4.69, 9.17) is 5.73 Å². The fourth-order valence-corrected chi connectivity index (χ4v) is 1.94. The number of nitrogen functional groups attached to an aromatic ring is 1. The number of nitrogens with zero attached hydrogens (tertiary/aromatic N) is 4.